The van der Waals surface area contributed by atoms with Crippen LogP contribution in [0.1, 0.15) is 39.2 Å². The average Bonchev–Trinajstić information content (AvgIpc) is 2.48. The molecule has 5 heteroatoms. The van der Waals surface area contributed by atoms with Crippen molar-refractivity contribution in [3.05, 3.63) is 30.1 Å². The summed E-state index contributed by atoms with van der Waals surface area (Å²) in [6.45, 7) is 7.81. The molecule has 0 aromatic carbocycles. The number of amides is 1. The second kappa shape index (κ2) is 8.93. The monoisotopic (exact) mass is 299 g/mol. The molecular formula is C15H26ClN3O. The first kappa shape index (κ1) is 18.9. The Bertz CT molecular complexity index is 385. The van der Waals surface area contributed by atoms with Gasteiger partial charge in [0.25, 0.3) is 0 Å². The van der Waals surface area contributed by atoms with Crippen molar-refractivity contribution in [1.82, 2.24) is 9.88 Å². The van der Waals surface area contributed by atoms with E-state index in [9.17, 15) is 4.79 Å². The van der Waals surface area contributed by atoms with Gasteiger partial charge in [-0.05, 0) is 37.5 Å². The summed E-state index contributed by atoms with van der Waals surface area (Å²) < 4.78 is 0. The summed E-state index contributed by atoms with van der Waals surface area (Å²) in [4.78, 5) is 18.6. The predicted octanol–water partition coefficient (Wildman–Crippen LogP) is 2.62. The normalized spacial score (nSPS) is 10.8. The molecule has 0 saturated heterocycles. The molecule has 4 nitrogen and oxygen atoms in total. The zero-order chi connectivity index (χ0) is 14.3. The van der Waals surface area contributed by atoms with Crippen molar-refractivity contribution in [3.63, 3.8) is 0 Å². The van der Waals surface area contributed by atoms with E-state index in [0.29, 0.717) is 19.6 Å². The summed E-state index contributed by atoms with van der Waals surface area (Å²) in [5.41, 5.74) is 6.54. The molecule has 0 aliphatic carbocycles. The number of carbonyl (C=O) groups excluding carboxylic acids is 1. The second-order valence-corrected chi connectivity index (χ2v) is 4.87. The molecule has 0 bridgehead atoms. The summed E-state index contributed by atoms with van der Waals surface area (Å²) in [6, 6.07) is 3.88. The van der Waals surface area contributed by atoms with Gasteiger partial charge in [-0.15, -0.1) is 12.4 Å². The lowest BCUT2D eigenvalue weighted by Crippen LogP contribution is -2.47. The van der Waals surface area contributed by atoms with Crippen molar-refractivity contribution in [1.29, 1.82) is 0 Å². The van der Waals surface area contributed by atoms with Gasteiger partial charge in [-0.3, -0.25) is 9.78 Å². The SMILES string of the molecule is CCN(Cc1ccncc1)C(=O)C(CC)(CC)CN.Cl. The van der Waals surface area contributed by atoms with Crippen LogP contribution in [0.15, 0.2) is 24.5 Å². The van der Waals surface area contributed by atoms with Crippen LogP contribution in [-0.4, -0.2) is 28.9 Å². The van der Waals surface area contributed by atoms with E-state index < -0.39 is 5.41 Å². The summed E-state index contributed by atoms with van der Waals surface area (Å²) in [5, 5.41) is 0. The van der Waals surface area contributed by atoms with E-state index in [1.165, 1.54) is 0 Å². The fourth-order valence-corrected chi connectivity index (χ4v) is 2.30. The molecular weight excluding hydrogens is 274 g/mol. The predicted molar refractivity (Wildman–Crippen MR) is 84.6 cm³/mol. The number of aromatic nitrogens is 1. The van der Waals surface area contributed by atoms with E-state index in [1.807, 2.05) is 37.8 Å². The van der Waals surface area contributed by atoms with Crippen LogP contribution in [0, 0.1) is 5.41 Å². The summed E-state index contributed by atoms with van der Waals surface area (Å²) >= 11 is 0. The molecule has 1 rings (SSSR count). The molecule has 0 aliphatic rings. The van der Waals surface area contributed by atoms with Gasteiger partial charge in [-0.2, -0.15) is 0 Å². The number of hydrogen-bond acceptors (Lipinski definition) is 3. The minimum atomic E-state index is -0.414. The van der Waals surface area contributed by atoms with Gasteiger partial charge in [0.05, 0.1) is 5.41 Å². The van der Waals surface area contributed by atoms with Crippen molar-refractivity contribution < 1.29 is 4.79 Å². The Balaban J connectivity index is 0.00000361. The lowest BCUT2D eigenvalue weighted by molar-refractivity contribution is -0.142. The second-order valence-electron chi connectivity index (χ2n) is 4.87. The molecule has 2 N–H and O–H groups in total. The molecule has 0 fully saturated rings. The average molecular weight is 300 g/mol. The Morgan fingerprint density at radius 3 is 2.20 bits per heavy atom. The number of nitrogens with two attached hydrogens (primary N) is 1. The smallest absolute Gasteiger partial charge is 0.230 e. The van der Waals surface area contributed by atoms with Crippen molar-refractivity contribution in [2.24, 2.45) is 11.1 Å². The number of nitrogens with zero attached hydrogens (tertiary/aromatic N) is 2. The van der Waals surface area contributed by atoms with E-state index in [1.54, 1.807) is 12.4 Å². The number of pyridine rings is 1. The van der Waals surface area contributed by atoms with Crippen LogP contribution in [0.2, 0.25) is 0 Å². The van der Waals surface area contributed by atoms with E-state index in [4.69, 9.17) is 5.73 Å². The Morgan fingerprint density at radius 2 is 1.80 bits per heavy atom. The molecule has 1 heterocycles. The Hall–Kier alpha value is -1.13. The third kappa shape index (κ3) is 4.18. The maximum absolute atomic E-state index is 12.7. The standard InChI is InChI=1S/C15H25N3O.ClH/c1-4-15(5-2,12-16)14(19)18(6-3)11-13-7-9-17-10-8-13;/h7-10H,4-6,11-12,16H2,1-3H3;1H. The van der Waals surface area contributed by atoms with Gasteiger partial charge in [-0.25, -0.2) is 0 Å². The fraction of sp³-hybridized carbons (Fsp3) is 0.600. The van der Waals surface area contributed by atoms with Crippen LogP contribution < -0.4 is 5.73 Å². The highest BCUT2D eigenvalue weighted by Gasteiger charge is 2.36. The maximum Gasteiger partial charge on any atom is 0.230 e. The fourth-order valence-electron chi connectivity index (χ4n) is 2.30. The highest BCUT2D eigenvalue weighted by molar-refractivity contribution is 5.85. The zero-order valence-electron chi connectivity index (χ0n) is 12.6. The highest BCUT2D eigenvalue weighted by atomic mass is 35.5. The van der Waals surface area contributed by atoms with Crippen LogP contribution in [0.3, 0.4) is 0 Å². The lowest BCUT2D eigenvalue weighted by Gasteiger charge is -2.34. The quantitative estimate of drug-likeness (QED) is 0.842. The number of hydrogen-bond donors (Lipinski definition) is 1. The molecule has 1 aromatic heterocycles. The van der Waals surface area contributed by atoms with Crippen molar-refractivity contribution in [3.8, 4) is 0 Å². The third-order valence-electron chi connectivity index (χ3n) is 3.99. The van der Waals surface area contributed by atoms with E-state index >= 15 is 0 Å². The van der Waals surface area contributed by atoms with Gasteiger partial charge in [0, 0.05) is 32.0 Å². The summed E-state index contributed by atoms with van der Waals surface area (Å²) in [7, 11) is 0. The van der Waals surface area contributed by atoms with Crippen molar-refractivity contribution in [2.45, 2.75) is 40.2 Å². The summed E-state index contributed by atoms with van der Waals surface area (Å²) in [6.07, 6.45) is 5.07. The highest BCUT2D eigenvalue weighted by Crippen LogP contribution is 2.28. The largest absolute Gasteiger partial charge is 0.338 e. The maximum atomic E-state index is 12.7. The van der Waals surface area contributed by atoms with Crippen LogP contribution >= 0.6 is 12.4 Å². The minimum absolute atomic E-state index is 0. The number of carbonyl (C=O) groups is 1. The first-order valence-electron chi connectivity index (χ1n) is 7.01. The molecule has 0 saturated carbocycles. The van der Waals surface area contributed by atoms with E-state index in [0.717, 1.165) is 18.4 Å². The van der Waals surface area contributed by atoms with Gasteiger partial charge >= 0.3 is 0 Å². The van der Waals surface area contributed by atoms with Crippen molar-refractivity contribution >= 4 is 18.3 Å². The molecule has 0 radical (unpaired) electrons. The Kier molecular flexibility index (Phi) is 8.42. The molecule has 1 amide bonds. The van der Waals surface area contributed by atoms with Crippen molar-refractivity contribution in [2.75, 3.05) is 13.1 Å². The van der Waals surface area contributed by atoms with Crippen LogP contribution in [0.25, 0.3) is 0 Å². The minimum Gasteiger partial charge on any atom is -0.338 e. The molecule has 20 heavy (non-hydrogen) atoms. The van der Waals surface area contributed by atoms with E-state index in [2.05, 4.69) is 4.98 Å². The number of rotatable bonds is 7. The molecule has 0 spiro atoms. The lowest BCUT2D eigenvalue weighted by atomic mass is 9.81. The third-order valence-corrected chi connectivity index (χ3v) is 3.99. The van der Waals surface area contributed by atoms with Gasteiger partial charge in [-0.1, -0.05) is 13.8 Å². The Labute approximate surface area is 128 Å². The van der Waals surface area contributed by atoms with Gasteiger partial charge < -0.3 is 10.6 Å². The first-order valence-corrected chi connectivity index (χ1v) is 7.01. The van der Waals surface area contributed by atoms with Gasteiger partial charge in [0.1, 0.15) is 0 Å². The van der Waals surface area contributed by atoms with Crippen LogP contribution in [0.5, 0.6) is 0 Å². The van der Waals surface area contributed by atoms with E-state index in [-0.39, 0.29) is 18.3 Å². The van der Waals surface area contributed by atoms with Gasteiger partial charge in [0.15, 0.2) is 0 Å². The van der Waals surface area contributed by atoms with Crippen LogP contribution in [0.4, 0.5) is 0 Å². The summed E-state index contributed by atoms with van der Waals surface area (Å²) in [5.74, 6) is 0.166. The number of halogens is 1. The molecule has 0 atom stereocenters. The molecule has 114 valence electrons. The molecule has 1 aromatic rings. The zero-order valence-corrected chi connectivity index (χ0v) is 13.4. The molecule has 0 aliphatic heterocycles. The topological polar surface area (TPSA) is 59.2 Å². The Morgan fingerprint density at radius 1 is 1.25 bits per heavy atom. The van der Waals surface area contributed by atoms with Gasteiger partial charge in [0.2, 0.25) is 5.91 Å². The first-order chi connectivity index (χ1) is 9.13. The molecule has 0 unspecified atom stereocenters. The van der Waals surface area contributed by atoms with Crippen LogP contribution in [-0.2, 0) is 11.3 Å².